The number of imidazole rings is 1. The molecule has 0 aliphatic carbocycles. The van der Waals surface area contributed by atoms with E-state index in [1.165, 1.54) is 5.56 Å². The summed E-state index contributed by atoms with van der Waals surface area (Å²) >= 11 is 0. The van der Waals surface area contributed by atoms with E-state index in [0.717, 1.165) is 29.1 Å². The predicted molar refractivity (Wildman–Crippen MR) is 99.4 cm³/mol. The number of nitrogens with zero attached hydrogens (tertiary/aromatic N) is 1. The molecule has 0 spiro atoms. The minimum Gasteiger partial charge on any atom is -0.363 e. The average Bonchev–Trinajstić information content (AvgIpc) is 3.18. The van der Waals surface area contributed by atoms with Gasteiger partial charge in [0.15, 0.2) is 6.10 Å². The van der Waals surface area contributed by atoms with Crippen molar-refractivity contribution in [2.45, 2.75) is 25.5 Å². The predicted octanol–water partition coefficient (Wildman–Crippen LogP) is 3.57. The number of H-pyrrole nitrogens is 1. The van der Waals surface area contributed by atoms with Crippen molar-refractivity contribution in [3.8, 4) is 11.3 Å². The molecule has 1 aliphatic heterocycles. The molecule has 0 bridgehead atoms. The standard InChI is InChI=1S/C21H21N3O2/c1-14(20-22-13-18(24-20)16-8-3-2-4-9-16)23-21(25)19-17-10-6-5-7-15(17)11-12-26-19/h2-10,13-14,19H,11-12H2,1H3,(H,22,24)(H,23,25)/t14-,19+/m0/s1. The van der Waals surface area contributed by atoms with Crippen LogP contribution in [0.1, 0.15) is 36.0 Å². The third-order valence-electron chi connectivity index (χ3n) is 4.68. The largest absolute Gasteiger partial charge is 0.363 e. The van der Waals surface area contributed by atoms with Crippen molar-refractivity contribution < 1.29 is 9.53 Å². The zero-order valence-electron chi connectivity index (χ0n) is 14.6. The fourth-order valence-corrected chi connectivity index (χ4v) is 3.29. The maximum absolute atomic E-state index is 12.7. The second-order valence-electron chi connectivity index (χ2n) is 6.48. The summed E-state index contributed by atoms with van der Waals surface area (Å²) < 4.78 is 5.73. The highest BCUT2D eigenvalue weighted by molar-refractivity contribution is 5.83. The molecule has 2 heterocycles. The summed E-state index contributed by atoms with van der Waals surface area (Å²) in [4.78, 5) is 20.5. The van der Waals surface area contributed by atoms with Crippen LogP contribution in [0.25, 0.3) is 11.3 Å². The van der Waals surface area contributed by atoms with E-state index < -0.39 is 6.10 Å². The molecule has 5 nitrogen and oxygen atoms in total. The molecule has 3 aromatic rings. The van der Waals surface area contributed by atoms with Gasteiger partial charge in [-0.2, -0.15) is 0 Å². The van der Waals surface area contributed by atoms with E-state index in [9.17, 15) is 4.79 Å². The van der Waals surface area contributed by atoms with Crippen molar-refractivity contribution in [3.05, 3.63) is 77.7 Å². The summed E-state index contributed by atoms with van der Waals surface area (Å²) in [6.07, 6.45) is 2.07. The topological polar surface area (TPSA) is 67.0 Å². The smallest absolute Gasteiger partial charge is 0.254 e. The van der Waals surface area contributed by atoms with Crippen LogP contribution in [-0.4, -0.2) is 22.5 Å². The number of aromatic amines is 1. The summed E-state index contributed by atoms with van der Waals surface area (Å²) in [7, 11) is 0. The minimum absolute atomic E-state index is 0.137. The van der Waals surface area contributed by atoms with Gasteiger partial charge in [0.05, 0.1) is 24.5 Å². The number of carbonyl (C=O) groups excluding carboxylic acids is 1. The van der Waals surface area contributed by atoms with E-state index in [4.69, 9.17) is 4.74 Å². The zero-order valence-corrected chi connectivity index (χ0v) is 14.6. The van der Waals surface area contributed by atoms with E-state index in [1.807, 2.05) is 55.5 Å². The normalized spacial score (nSPS) is 17.3. The van der Waals surface area contributed by atoms with E-state index in [0.29, 0.717) is 6.61 Å². The first-order chi connectivity index (χ1) is 12.7. The van der Waals surface area contributed by atoms with Gasteiger partial charge in [0.1, 0.15) is 5.82 Å². The van der Waals surface area contributed by atoms with Crippen LogP contribution in [-0.2, 0) is 16.0 Å². The highest BCUT2D eigenvalue weighted by Crippen LogP contribution is 2.28. The second-order valence-corrected chi connectivity index (χ2v) is 6.48. The molecule has 0 unspecified atom stereocenters. The molecule has 2 aromatic carbocycles. The molecule has 4 rings (SSSR count). The molecule has 0 saturated heterocycles. The van der Waals surface area contributed by atoms with Crippen LogP contribution < -0.4 is 5.32 Å². The van der Waals surface area contributed by atoms with Gasteiger partial charge in [-0.3, -0.25) is 4.79 Å². The number of nitrogens with one attached hydrogen (secondary N) is 2. The summed E-state index contributed by atoms with van der Waals surface area (Å²) in [5.74, 6) is 0.587. The molecule has 2 atom stereocenters. The Balaban J connectivity index is 1.48. The molecular formula is C21H21N3O2. The Hall–Kier alpha value is -2.92. The van der Waals surface area contributed by atoms with Gasteiger partial charge in [-0.25, -0.2) is 4.98 Å². The lowest BCUT2D eigenvalue weighted by atomic mass is 9.97. The number of aromatic nitrogens is 2. The first-order valence-corrected chi connectivity index (χ1v) is 8.82. The summed E-state index contributed by atoms with van der Waals surface area (Å²) in [6, 6.07) is 17.7. The molecule has 1 aromatic heterocycles. The Morgan fingerprint density at radius 3 is 2.81 bits per heavy atom. The van der Waals surface area contributed by atoms with Crippen molar-refractivity contribution in [2.75, 3.05) is 6.61 Å². The van der Waals surface area contributed by atoms with Crippen LogP contribution >= 0.6 is 0 Å². The molecule has 0 fully saturated rings. The second kappa shape index (κ2) is 7.14. The number of hydrogen-bond acceptors (Lipinski definition) is 3. The fraction of sp³-hybridized carbons (Fsp3) is 0.238. The number of rotatable bonds is 4. The van der Waals surface area contributed by atoms with Crippen LogP contribution in [0.2, 0.25) is 0 Å². The fourth-order valence-electron chi connectivity index (χ4n) is 3.29. The minimum atomic E-state index is -0.564. The van der Waals surface area contributed by atoms with E-state index >= 15 is 0 Å². The highest BCUT2D eigenvalue weighted by Gasteiger charge is 2.28. The van der Waals surface area contributed by atoms with Gasteiger partial charge >= 0.3 is 0 Å². The third kappa shape index (κ3) is 3.26. The van der Waals surface area contributed by atoms with Crippen LogP contribution in [0.3, 0.4) is 0 Å². The molecule has 1 amide bonds. The van der Waals surface area contributed by atoms with Crippen molar-refractivity contribution in [1.82, 2.24) is 15.3 Å². The first kappa shape index (κ1) is 16.5. The summed E-state index contributed by atoms with van der Waals surface area (Å²) in [5, 5.41) is 3.01. The summed E-state index contributed by atoms with van der Waals surface area (Å²) in [5.41, 5.74) is 4.12. The SMILES string of the molecule is C[C@H](NC(=O)[C@@H]1OCCc2ccccc21)c1ncc(-c2ccccc2)[nH]1. The molecule has 132 valence electrons. The van der Waals surface area contributed by atoms with Gasteiger partial charge in [0, 0.05) is 0 Å². The lowest BCUT2D eigenvalue weighted by molar-refractivity contribution is -0.134. The van der Waals surface area contributed by atoms with Crippen LogP contribution in [0.15, 0.2) is 60.8 Å². The Morgan fingerprint density at radius 1 is 1.19 bits per heavy atom. The quantitative estimate of drug-likeness (QED) is 0.758. The Bertz CT molecular complexity index is 904. The number of fused-ring (bicyclic) bond motifs is 1. The van der Waals surface area contributed by atoms with Crippen molar-refractivity contribution in [3.63, 3.8) is 0 Å². The molecule has 0 saturated carbocycles. The lowest BCUT2D eigenvalue weighted by Crippen LogP contribution is -2.35. The molecule has 2 N–H and O–H groups in total. The van der Waals surface area contributed by atoms with Gasteiger partial charge < -0.3 is 15.0 Å². The number of ether oxygens (including phenoxy) is 1. The van der Waals surface area contributed by atoms with E-state index in [-0.39, 0.29) is 11.9 Å². The van der Waals surface area contributed by atoms with E-state index in [1.54, 1.807) is 6.20 Å². The Kier molecular flexibility index (Phi) is 4.54. The Morgan fingerprint density at radius 2 is 1.96 bits per heavy atom. The van der Waals surface area contributed by atoms with Gasteiger partial charge in [-0.15, -0.1) is 0 Å². The summed E-state index contributed by atoms with van der Waals surface area (Å²) in [6.45, 7) is 2.47. The number of carbonyl (C=O) groups is 1. The van der Waals surface area contributed by atoms with Gasteiger partial charge in [-0.05, 0) is 30.0 Å². The average molecular weight is 347 g/mol. The van der Waals surface area contributed by atoms with Crippen molar-refractivity contribution >= 4 is 5.91 Å². The van der Waals surface area contributed by atoms with Crippen LogP contribution in [0.5, 0.6) is 0 Å². The number of hydrogen-bond donors (Lipinski definition) is 2. The molecule has 26 heavy (non-hydrogen) atoms. The van der Waals surface area contributed by atoms with E-state index in [2.05, 4.69) is 21.4 Å². The zero-order chi connectivity index (χ0) is 17.9. The molecule has 1 aliphatic rings. The Labute approximate surface area is 152 Å². The van der Waals surface area contributed by atoms with Crippen molar-refractivity contribution in [1.29, 1.82) is 0 Å². The van der Waals surface area contributed by atoms with Crippen LogP contribution in [0.4, 0.5) is 0 Å². The highest BCUT2D eigenvalue weighted by atomic mass is 16.5. The number of benzene rings is 2. The third-order valence-corrected chi connectivity index (χ3v) is 4.68. The maximum Gasteiger partial charge on any atom is 0.254 e. The van der Waals surface area contributed by atoms with Crippen molar-refractivity contribution in [2.24, 2.45) is 0 Å². The molecular weight excluding hydrogens is 326 g/mol. The maximum atomic E-state index is 12.7. The molecule has 5 heteroatoms. The molecule has 0 radical (unpaired) electrons. The van der Waals surface area contributed by atoms with Gasteiger partial charge in [0.25, 0.3) is 5.91 Å². The van der Waals surface area contributed by atoms with Gasteiger partial charge in [0.2, 0.25) is 0 Å². The van der Waals surface area contributed by atoms with Gasteiger partial charge in [-0.1, -0.05) is 54.6 Å². The first-order valence-electron chi connectivity index (χ1n) is 8.82. The number of amides is 1. The van der Waals surface area contributed by atoms with Crippen LogP contribution in [0, 0.1) is 0 Å². The monoisotopic (exact) mass is 347 g/mol. The lowest BCUT2D eigenvalue weighted by Gasteiger charge is -2.26.